The molecule has 2 N–H and O–H groups in total. The Morgan fingerprint density at radius 3 is 2.81 bits per heavy atom. The lowest BCUT2D eigenvalue weighted by Crippen LogP contribution is -2.32. The van der Waals surface area contributed by atoms with E-state index in [2.05, 4.69) is 6.07 Å². The topological polar surface area (TPSA) is 59.0 Å². The van der Waals surface area contributed by atoms with E-state index in [4.69, 9.17) is 15.7 Å². The highest BCUT2D eigenvalue weighted by molar-refractivity contribution is 4.91. The molecular weight excluding hydrogens is 200 g/mol. The van der Waals surface area contributed by atoms with Crippen molar-refractivity contribution in [3.05, 3.63) is 0 Å². The highest BCUT2D eigenvalue weighted by atomic mass is 16.5. The Morgan fingerprint density at radius 1 is 1.44 bits per heavy atom. The quantitative estimate of drug-likeness (QED) is 0.730. The molecular formula is C13H24N2O. The molecule has 0 aliphatic heterocycles. The lowest BCUT2D eigenvalue weighted by Gasteiger charge is -2.27. The molecule has 0 bridgehead atoms. The maximum Gasteiger partial charge on any atom is 0.0683 e. The molecule has 1 aliphatic carbocycles. The molecule has 92 valence electrons. The van der Waals surface area contributed by atoms with Crippen LogP contribution in [0.25, 0.3) is 0 Å². The summed E-state index contributed by atoms with van der Waals surface area (Å²) in [4.78, 5) is 0. The Morgan fingerprint density at radius 2 is 2.19 bits per heavy atom. The number of nitrogens with zero attached hydrogens (tertiary/aromatic N) is 1. The van der Waals surface area contributed by atoms with Crippen LogP contribution in [0.4, 0.5) is 0 Å². The number of hydrogen-bond donors (Lipinski definition) is 1. The molecule has 0 saturated heterocycles. The monoisotopic (exact) mass is 224 g/mol. The number of hydrogen-bond acceptors (Lipinski definition) is 3. The zero-order valence-corrected chi connectivity index (χ0v) is 10.5. The first kappa shape index (κ1) is 13.5. The van der Waals surface area contributed by atoms with Crippen LogP contribution in [-0.2, 0) is 4.74 Å². The Kier molecular flexibility index (Phi) is 5.24. The van der Waals surface area contributed by atoms with Crippen LogP contribution in [0, 0.1) is 16.7 Å². The second-order valence-electron chi connectivity index (χ2n) is 5.52. The fraction of sp³-hybridized carbons (Fsp3) is 0.923. The largest absolute Gasteiger partial charge is 0.378 e. The molecule has 16 heavy (non-hydrogen) atoms. The molecule has 3 nitrogen and oxygen atoms in total. The third-order valence-electron chi connectivity index (χ3n) is 3.27. The molecule has 1 rings (SSSR count). The van der Waals surface area contributed by atoms with Gasteiger partial charge in [0.1, 0.15) is 0 Å². The summed E-state index contributed by atoms with van der Waals surface area (Å²) < 4.78 is 5.80. The smallest absolute Gasteiger partial charge is 0.0683 e. The highest BCUT2D eigenvalue weighted by Gasteiger charge is 2.20. The zero-order valence-electron chi connectivity index (χ0n) is 10.5. The molecule has 0 aromatic carbocycles. The summed E-state index contributed by atoms with van der Waals surface area (Å²) >= 11 is 0. The number of rotatable bonds is 5. The van der Waals surface area contributed by atoms with Gasteiger partial charge in [0.05, 0.1) is 17.6 Å². The average Bonchev–Trinajstić information content (AvgIpc) is 2.25. The van der Waals surface area contributed by atoms with Gasteiger partial charge in [-0.15, -0.1) is 0 Å². The van der Waals surface area contributed by atoms with Crippen LogP contribution < -0.4 is 5.73 Å². The maximum absolute atomic E-state index is 8.87. The van der Waals surface area contributed by atoms with Gasteiger partial charge in [-0.3, -0.25) is 0 Å². The van der Waals surface area contributed by atoms with Crippen LogP contribution in [-0.4, -0.2) is 18.8 Å². The van der Waals surface area contributed by atoms with Crippen LogP contribution in [0.15, 0.2) is 0 Å². The van der Waals surface area contributed by atoms with Crippen LogP contribution in [0.2, 0.25) is 0 Å². The predicted octanol–water partition coefficient (Wildman–Crippen LogP) is 2.60. The molecule has 1 fully saturated rings. The van der Waals surface area contributed by atoms with Gasteiger partial charge in [-0.25, -0.2) is 0 Å². The molecule has 0 spiro atoms. The molecule has 0 amide bonds. The van der Waals surface area contributed by atoms with Gasteiger partial charge in [0.2, 0.25) is 0 Å². The van der Waals surface area contributed by atoms with Crippen molar-refractivity contribution in [2.75, 3.05) is 6.61 Å². The third kappa shape index (κ3) is 4.96. The molecule has 0 aromatic heterocycles. The van der Waals surface area contributed by atoms with Crippen LogP contribution in [0.1, 0.15) is 52.4 Å². The van der Waals surface area contributed by atoms with Gasteiger partial charge in [-0.1, -0.05) is 0 Å². The van der Waals surface area contributed by atoms with Crippen molar-refractivity contribution in [3.8, 4) is 6.07 Å². The first-order valence-electron chi connectivity index (χ1n) is 6.32. The fourth-order valence-corrected chi connectivity index (χ4v) is 2.15. The molecule has 1 aliphatic rings. The van der Waals surface area contributed by atoms with E-state index >= 15 is 0 Å². The van der Waals surface area contributed by atoms with Crippen molar-refractivity contribution in [1.82, 2.24) is 0 Å². The lowest BCUT2D eigenvalue weighted by molar-refractivity contribution is 0.0196. The zero-order chi connectivity index (χ0) is 12.0. The fourth-order valence-electron chi connectivity index (χ4n) is 2.15. The van der Waals surface area contributed by atoms with E-state index in [1.807, 2.05) is 13.8 Å². The van der Waals surface area contributed by atoms with E-state index in [9.17, 15) is 0 Å². The van der Waals surface area contributed by atoms with E-state index in [0.717, 1.165) is 38.7 Å². The van der Waals surface area contributed by atoms with E-state index in [1.165, 1.54) is 6.42 Å². The standard InChI is InChI=1S/C13H24N2O/c1-13(2,10-14)7-4-8-16-12-6-3-5-11(15)9-12/h11-12H,3-9,15H2,1-2H3. The van der Waals surface area contributed by atoms with Crippen LogP contribution in [0.5, 0.6) is 0 Å². The second kappa shape index (κ2) is 6.22. The van der Waals surface area contributed by atoms with Gasteiger partial charge in [-0.05, 0) is 52.4 Å². The molecule has 2 unspecified atom stereocenters. The first-order chi connectivity index (χ1) is 7.53. The van der Waals surface area contributed by atoms with Gasteiger partial charge in [0.15, 0.2) is 0 Å². The summed E-state index contributed by atoms with van der Waals surface area (Å²) in [7, 11) is 0. The van der Waals surface area contributed by atoms with Gasteiger partial charge >= 0.3 is 0 Å². The van der Waals surface area contributed by atoms with Crippen molar-refractivity contribution in [2.45, 2.75) is 64.5 Å². The van der Waals surface area contributed by atoms with E-state index < -0.39 is 0 Å². The third-order valence-corrected chi connectivity index (χ3v) is 3.27. The molecule has 0 radical (unpaired) electrons. The van der Waals surface area contributed by atoms with Gasteiger partial charge in [0, 0.05) is 12.6 Å². The van der Waals surface area contributed by atoms with E-state index in [-0.39, 0.29) is 5.41 Å². The minimum atomic E-state index is -0.216. The minimum Gasteiger partial charge on any atom is -0.378 e. The van der Waals surface area contributed by atoms with Crippen molar-refractivity contribution in [2.24, 2.45) is 11.1 Å². The molecule has 3 heteroatoms. The first-order valence-corrected chi connectivity index (χ1v) is 6.32. The Hall–Kier alpha value is -0.590. The van der Waals surface area contributed by atoms with Crippen LogP contribution in [0.3, 0.4) is 0 Å². The summed E-state index contributed by atoms with van der Waals surface area (Å²) in [6, 6.07) is 2.64. The highest BCUT2D eigenvalue weighted by Crippen LogP contribution is 2.23. The minimum absolute atomic E-state index is 0.216. The van der Waals surface area contributed by atoms with Crippen molar-refractivity contribution in [1.29, 1.82) is 5.26 Å². The average molecular weight is 224 g/mol. The summed E-state index contributed by atoms with van der Waals surface area (Å²) in [5.74, 6) is 0. The number of nitrogens with two attached hydrogens (primary N) is 1. The van der Waals surface area contributed by atoms with E-state index in [1.54, 1.807) is 0 Å². The lowest BCUT2D eigenvalue weighted by atomic mass is 9.90. The van der Waals surface area contributed by atoms with Gasteiger partial charge in [0.25, 0.3) is 0 Å². The van der Waals surface area contributed by atoms with Crippen molar-refractivity contribution >= 4 is 0 Å². The molecule has 2 atom stereocenters. The van der Waals surface area contributed by atoms with Gasteiger partial charge < -0.3 is 10.5 Å². The van der Waals surface area contributed by atoms with Crippen LogP contribution >= 0.6 is 0 Å². The van der Waals surface area contributed by atoms with Crippen molar-refractivity contribution in [3.63, 3.8) is 0 Å². The Bertz CT molecular complexity index is 245. The van der Waals surface area contributed by atoms with E-state index in [0.29, 0.717) is 12.1 Å². The summed E-state index contributed by atoms with van der Waals surface area (Å²) in [5, 5.41) is 8.87. The summed E-state index contributed by atoms with van der Waals surface area (Å²) in [6.07, 6.45) is 6.71. The van der Waals surface area contributed by atoms with Crippen molar-refractivity contribution < 1.29 is 4.74 Å². The maximum atomic E-state index is 8.87. The Balaban J connectivity index is 2.09. The number of nitriles is 1. The number of ether oxygens (including phenoxy) is 1. The Labute approximate surface area is 99.0 Å². The predicted molar refractivity (Wildman–Crippen MR) is 64.8 cm³/mol. The SMILES string of the molecule is CC(C)(C#N)CCCOC1CCCC(N)C1. The normalized spacial score (nSPS) is 26.4. The second-order valence-corrected chi connectivity index (χ2v) is 5.52. The molecule has 0 aromatic rings. The molecule has 0 heterocycles. The molecule has 1 saturated carbocycles. The summed E-state index contributed by atoms with van der Waals surface area (Å²) in [5.41, 5.74) is 5.68. The summed E-state index contributed by atoms with van der Waals surface area (Å²) in [6.45, 7) is 4.72. The van der Waals surface area contributed by atoms with Gasteiger partial charge in [-0.2, -0.15) is 5.26 Å².